The molecule has 3 aromatic rings. The van der Waals surface area contributed by atoms with E-state index in [0.29, 0.717) is 31.0 Å². The maximum absolute atomic E-state index is 12.5. The standard InChI is InChI=1S/C26H32N4O3/c1-32-23-12-9-20(10-13-23)11-15-25-28-29-26(33-25)16-14-24(31)27-22-8-5-17-30(19-22)18-21-6-3-2-4-7-21/h2-4,6-7,9-10,12-13,22H,5,8,11,14-19H2,1H3,(H,27,31)/t22-/m1/s1. The summed E-state index contributed by atoms with van der Waals surface area (Å²) < 4.78 is 10.9. The van der Waals surface area contributed by atoms with Gasteiger partial charge >= 0.3 is 0 Å². The van der Waals surface area contributed by atoms with E-state index in [1.807, 2.05) is 30.3 Å². The molecule has 0 saturated carbocycles. The molecule has 1 N–H and O–H groups in total. The molecule has 0 radical (unpaired) electrons. The largest absolute Gasteiger partial charge is 0.497 e. The van der Waals surface area contributed by atoms with Gasteiger partial charge in [0.25, 0.3) is 0 Å². The Hall–Kier alpha value is -3.19. The molecule has 1 aliphatic rings. The first-order valence-corrected chi connectivity index (χ1v) is 11.7. The Balaban J connectivity index is 1.18. The molecule has 2 heterocycles. The minimum Gasteiger partial charge on any atom is -0.497 e. The molecule has 1 aliphatic heterocycles. The number of likely N-dealkylation sites (tertiary alicyclic amines) is 1. The van der Waals surface area contributed by atoms with Crippen molar-refractivity contribution in [2.24, 2.45) is 0 Å². The van der Waals surface area contributed by atoms with Crippen LogP contribution in [0.25, 0.3) is 0 Å². The highest BCUT2D eigenvalue weighted by atomic mass is 16.5. The van der Waals surface area contributed by atoms with Crippen molar-refractivity contribution < 1.29 is 13.9 Å². The summed E-state index contributed by atoms with van der Waals surface area (Å²) in [5.74, 6) is 2.00. The molecule has 1 aromatic heterocycles. The van der Waals surface area contributed by atoms with E-state index < -0.39 is 0 Å². The molecule has 0 bridgehead atoms. The second-order valence-electron chi connectivity index (χ2n) is 8.56. The highest BCUT2D eigenvalue weighted by Gasteiger charge is 2.21. The van der Waals surface area contributed by atoms with Crippen LogP contribution in [0.15, 0.2) is 59.0 Å². The van der Waals surface area contributed by atoms with Gasteiger partial charge in [-0.05, 0) is 49.1 Å². The molecule has 0 aliphatic carbocycles. The Bertz CT molecular complexity index is 1000. The zero-order valence-electron chi connectivity index (χ0n) is 19.2. The fourth-order valence-corrected chi connectivity index (χ4v) is 4.21. The van der Waals surface area contributed by atoms with E-state index >= 15 is 0 Å². The van der Waals surface area contributed by atoms with Crippen molar-refractivity contribution in [3.8, 4) is 5.75 Å². The molecule has 1 fully saturated rings. The van der Waals surface area contributed by atoms with Gasteiger partial charge in [0.05, 0.1) is 7.11 Å². The van der Waals surface area contributed by atoms with E-state index in [-0.39, 0.29) is 11.9 Å². The van der Waals surface area contributed by atoms with Crippen LogP contribution in [0, 0.1) is 0 Å². The number of carbonyl (C=O) groups excluding carboxylic acids is 1. The van der Waals surface area contributed by atoms with Crippen LogP contribution in [0.3, 0.4) is 0 Å². The van der Waals surface area contributed by atoms with Gasteiger partial charge in [-0.3, -0.25) is 9.69 Å². The number of nitrogens with zero attached hydrogens (tertiary/aromatic N) is 3. The van der Waals surface area contributed by atoms with Crippen LogP contribution in [0.5, 0.6) is 5.75 Å². The predicted octanol–water partition coefficient (Wildman–Crippen LogP) is 3.58. The SMILES string of the molecule is COc1ccc(CCc2nnc(CCC(=O)N[C@@H]3CCCN(Cc4ccccc4)C3)o2)cc1. The third-order valence-electron chi connectivity index (χ3n) is 5.98. The number of carbonyl (C=O) groups is 1. The minimum atomic E-state index is 0.0412. The van der Waals surface area contributed by atoms with Gasteiger partial charge in [-0.1, -0.05) is 42.5 Å². The number of nitrogens with one attached hydrogen (secondary N) is 1. The molecule has 0 unspecified atom stereocenters. The van der Waals surface area contributed by atoms with E-state index in [4.69, 9.17) is 9.15 Å². The van der Waals surface area contributed by atoms with Crippen molar-refractivity contribution in [3.63, 3.8) is 0 Å². The number of hydrogen-bond donors (Lipinski definition) is 1. The van der Waals surface area contributed by atoms with E-state index in [1.54, 1.807) is 7.11 Å². The lowest BCUT2D eigenvalue weighted by Crippen LogP contribution is -2.47. The number of hydrogen-bond acceptors (Lipinski definition) is 6. The Kier molecular flexibility index (Phi) is 8.09. The molecule has 1 saturated heterocycles. The molecule has 174 valence electrons. The van der Waals surface area contributed by atoms with E-state index in [9.17, 15) is 4.79 Å². The van der Waals surface area contributed by atoms with Crippen LogP contribution in [0.1, 0.15) is 42.2 Å². The molecular formula is C26H32N4O3. The second kappa shape index (κ2) is 11.6. The zero-order chi connectivity index (χ0) is 22.9. The van der Waals surface area contributed by atoms with Gasteiger partial charge in [-0.15, -0.1) is 10.2 Å². The minimum absolute atomic E-state index is 0.0412. The average molecular weight is 449 g/mol. The van der Waals surface area contributed by atoms with Crippen LogP contribution < -0.4 is 10.1 Å². The van der Waals surface area contributed by atoms with Crippen molar-refractivity contribution in [3.05, 3.63) is 77.5 Å². The molecule has 0 spiro atoms. The van der Waals surface area contributed by atoms with Crippen molar-refractivity contribution in [1.29, 1.82) is 0 Å². The third-order valence-corrected chi connectivity index (χ3v) is 5.98. The summed E-state index contributed by atoms with van der Waals surface area (Å²) in [7, 11) is 1.66. The number of benzene rings is 2. The summed E-state index contributed by atoms with van der Waals surface area (Å²) in [6, 6.07) is 18.6. The molecule has 4 rings (SSSR count). The summed E-state index contributed by atoms with van der Waals surface area (Å²) in [5.41, 5.74) is 2.49. The zero-order valence-corrected chi connectivity index (χ0v) is 19.2. The lowest BCUT2D eigenvalue weighted by molar-refractivity contribution is -0.122. The smallest absolute Gasteiger partial charge is 0.220 e. The summed E-state index contributed by atoms with van der Waals surface area (Å²) in [4.78, 5) is 14.9. The first-order valence-electron chi connectivity index (χ1n) is 11.7. The van der Waals surface area contributed by atoms with E-state index in [1.165, 1.54) is 11.1 Å². The number of piperidine rings is 1. The van der Waals surface area contributed by atoms with Crippen LogP contribution in [-0.2, 0) is 30.6 Å². The fourth-order valence-electron chi connectivity index (χ4n) is 4.21. The molecule has 7 nitrogen and oxygen atoms in total. The van der Waals surface area contributed by atoms with Crippen molar-refractivity contribution in [2.75, 3.05) is 20.2 Å². The van der Waals surface area contributed by atoms with Crippen molar-refractivity contribution in [1.82, 2.24) is 20.4 Å². The molecular weight excluding hydrogens is 416 g/mol. The van der Waals surface area contributed by atoms with E-state index in [0.717, 1.165) is 44.6 Å². The van der Waals surface area contributed by atoms with Crippen LogP contribution in [-0.4, -0.2) is 47.2 Å². The summed E-state index contributed by atoms with van der Waals surface area (Å²) in [6.45, 7) is 2.88. The van der Waals surface area contributed by atoms with Gasteiger partial charge in [0, 0.05) is 38.4 Å². The maximum Gasteiger partial charge on any atom is 0.220 e. The first kappa shape index (κ1) is 23.0. The number of ether oxygens (including phenoxy) is 1. The van der Waals surface area contributed by atoms with Gasteiger partial charge in [0.1, 0.15) is 5.75 Å². The number of rotatable bonds is 10. The number of aromatic nitrogens is 2. The fraction of sp³-hybridized carbons (Fsp3) is 0.423. The van der Waals surface area contributed by atoms with Gasteiger partial charge in [-0.2, -0.15) is 0 Å². The highest BCUT2D eigenvalue weighted by Crippen LogP contribution is 2.15. The van der Waals surface area contributed by atoms with Crippen molar-refractivity contribution >= 4 is 5.91 Å². The third kappa shape index (κ3) is 7.15. The summed E-state index contributed by atoms with van der Waals surface area (Å²) in [6.07, 6.45) is 4.42. The molecule has 7 heteroatoms. The number of amides is 1. The second-order valence-corrected chi connectivity index (χ2v) is 8.56. The Morgan fingerprint density at radius 1 is 1.03 bits per heavy atom. The average Bonchev–Trinajstić information content (AvgIpc) is 3.31. The Morgan fingerprint density at radius 2 is 1.79 bits per heavy atom. The molecule has 1 atom stereocenters. The predicted molar refractivity (Wildman–Crippen MR) is 126 cm³/mol. The summed E-state index contributed by atoms with van der Waals surface area (Å²) in [5, 5.41) is 11.4. The highest BCUT2D eigenvalue weighted by molar-refractivity contribution is 5.76. The number of methoxy groups -OCH3 is 1. The lowest BCUT2D eigenvalue weighted by Gasteiger charge is -2.33. The number of aryl methyl sites for hydroxylation is 3. The molecule has 2 aromatic carbocycles. The van der Waals surface area contributed by atoms with Crippen LogP contribution in [0.4, 0.5) is 0 Å². The van der Waals surface area contributed by atoms with E-state index in [2.05, 4.69) is 44.7 Å². The van der Waals surface area contributed by atoms with Gasteiger partial charge < -0.3 is 14.5 Å². The van der Waals surface area contributed by atoms with Gasteiger partial charge in [0.15, 0.2) is 0 Å². The molecule has 1 amide bonds. The lowest BCUT2D eigenvalue weighted by atomic mass is 10.0. The van der Waals surface area contributed by atoms with Crippen molar-refractivity contribution in [2.45, 2.75) is 51.1 Å². The maximum atomic E-state index is 12.5. The van der Waals surface area contributed by atoms with Gasteiger partial charge in [-0.25, -0.2) is 0 Å². The van der Waals surface area contributed by atoms with Crippen LogP contribution >= 0.6 is 0 Å². The Labute approximate surface area is 195 Å². The summed E-state index contributed by atoms with van der Waals surface area (Å²) >= 11 is 0. The quantitative estimate of drug-likeness (QED) is 0.511. The molecule has 33 heavy (non-hydrogen) atoms. The normalized spacial score (nSPS) is 16.5. The topological polar surface area (TPSA) is 80.5 Å². The first-order chi connectivity index (χ1) is 16.2. The van der Waals surface area contributed by atoms with Gasteiger partial charge in [0.2, 0.25) is 17.7 Å². The Morgan fingerprint density at radius 3 is 2.55 bits per heavy atom. The van der Waals surface area contributed by atoms with Crippen LogP contribution in [0.2, 0.25) is 0 Å². The monoisotopic (exact) mass is 448 g/mol.